The van der Waals surface area contributed by atoms with Crippen LogP contribution in [0.4, 0.5) is 0 Å². The van der Waals surface area contributed by atoms with Gasteiger partial charge in [0.05, 0.1) is 5.52 Å². The molecule has 0 radical (unpaired) electrons. The standard InChI is InChI=1S/C15H17N/c1-3-6-12(2)11-14-10-9-13-7-4-5-8-15(13)16-14/h3-10,12H,11H2,1-2H3. The summed E-state index contributed by atoms with van der Waals surface area (Å²) in [5, 5.41) is 1.21. The third-order valence-electron chi connectivity index (χ3n) is 2.71. The smallest absolute Gasteiger partial charge is 0.0705 e. The molecule has 0 spiro atoms. The molecule has 2 rings (SSSR count). The molecule has 0 aliphatic heterocycles. The highest BCUT2D eigenvalue weighted by molar-refractivity contribution is 5.78. The second-order valence-corrected chi connectivity index (χ2v) is 4.20. The van der Waals surface area contributed by atoms with Crippen molar-refractivity contribution in [3.63, 3.8) is 0 Å². The van der Waals surface area contributed by atoms with Gasteiger partial charge in [0, 0.05) is 11.1 Å². The van der Waals surface area contributed by atoms with E-state index in [0.717, 1.165) is 11.9 Å². The maximum absolute atomic E-state index is 4.66. The third-order valence-corrected chi connectivity index (χ3v) is 2.71. The first kappa shape index (κ1) is 10.9. The van der Waals surface area contributed by atoms with Crippen molar-refractivity contribution in [1.29, 1.82) is 0 Å². The predicted molar refractivity (Wildman–Crippen MR) is 69.4 cm³/mol. The van der Waals surface area contributed by atoms with Crippen molar-refractivity contribution < 1.29 is 0 Å². The van der Waals surface area contributed by atoms with E-state index in [1.165, 1.54) is 11.1 Å². The molecule has 1 nitrogen and oxygen atoms in total. The number of nitrogens with zero attached hydrogens (tertiary/aromatic N) is 1. The molecule has 1 atom stereocenters. The van der Waals surface area contributed by atoms with E-state index in [1.807, 2.05) is 12.1 Å². The monoisotopic (exact) mass is 211 g/mol. The van der Waals surface area contributed by atoms with Gasteiger partial charge in [-0.05, 0) is 31.4 Å². The van der Waals surface area contributed by atoms with E-state index in [1.54, 1.807) is 0 Å². The number of rotatable bonds is 3. The number of fused-ring (bicyclic) bond motifs is 1. The van der Waals surface area contributed by atoms with E-state index in [4.69, 9.17) is 0 Å². The first-order chi connectivity index (χ1) is 7.79. The molecule has 2 aromatic rings. The molecular weight excluding hydrogens is 194 g/mol. The molecule has 1 aromatic carbocycles. The van der Waals surface area contributed by atoms with Crippen LogP contribution in [0.2, 0.25) is 0 Å². The van der Waals surface area contributed by atoms with Crippen LogP contribution in [-0.2, 0) is 6.42 Å². The number of benzene rings is 1. The molecule has 0 bridgehead atoms. The van der Waals surface area contributed by atoms with E-state index < -0.39 is 0 Å². The van der Waals surface area contributed by atoms with Gasteiger partial charge < -0.3 is 0 Å². The summed E-state index contributed by atoms with van der Waals surface area (Å²) >= 11 is 0. The first-order valence-electron chi connectivity index (χ1n) is 5.77. The predicted octanol–water partition coefficient (Wildman–Crippen LogP) is 3.99. The van der Waals surface area contributed by atoms with Gasteiger partial charge in [0.2, 0.25) is 0 Å². The van der Waals surface area contributed by atoms with Crippen molar-refractivity contribution >= 4 is 10.9 Å². The zero-order valence-electron chi connectivity index (χ0n) is 9.85. The van der Waals surface area contributed by atoms with E-state index >= 15 is 0 Å². The maximum Gasteiger partial charge on any atom is 0.0705 e. The molecular formula is C15H17N. The number of hydrogen-bond acceptors (Lipinski definition) is 1. The van der Waals surface area contributed by atoms with Gasteiger partial charge in [0.25, 0.3) is 0 Å². The Morgan fingerprint density at radius 3 is 2.81 bits per heavy atom. The largest absolute Gasteiger partial charge is 0.253 e. The lowest BCUT2D eigenvalue weighted by Crippen LogP contribution is -1.98. The van der Waals surface area contributed by atoms with E-state index in [9.17, 15) is 0 Å². The highest BCUT2D eigenvalue weighted by Crippen LogP contribution is 2.14. The van der Waals surface area contributed by atoms with Gasteiger partial charge in [-0.25, -0.2) is 0 Å². The van der Waals surface area contributed by atoms with Gasteiger partial charge in [-0.2, -0.15) is 0 Å². The Bertz CT molecular complexity index is 500. The summed E-state index contributed by atoms with van der Waals surface area (Å²) in [6.07, 6.45) is 5.33. The van der Waals surface area contributed by atoms with Gasteiger partial charge in [0.1, 0.15) is 0 Å². The fourth-order valence-corrected chi connectivity index (χ4v) is 1.95. The van der Waals surface area contributed by atoms with Crippen LogP contribution in [0, 0.1) is 5.92 Å². The number of para-hydroxylation sites is 1. The van der Waals surface area contributed by atoms with Crippen molar-refractivity contribution in [3.05, 3.63) is 54.2 Å². The second-order valence-electron chi connectivity index (χ2n) is 4.20. The van der Waals surface area contributed by atoms with Gasteiger partial charge in [0.15, 0.2) is 0 Å². The second kappa shape index (κ2) is 4.93. The summed E-state index contributed by atoms with van der Waals surface area (Å²) in [7, 11) is 0. The zero-order chi connectivity index (χ0) is 11.4. The minimum Gasteiger partial charge on any atom is -0.253 e. The number of hydrogen-bond donors (Lipinski definition) is 0. The van der Waals surface area contributed by atoms with E-state index in [2.05, 4.69) is 55.2 Å². The Labute approximate surface area is 96.8 Å². The lowest BCUT2D eigenvalue weighted by molar-refractivity contribution is 0.708. The molecule has 1 aromatic heterocycles. The average Bonchev–Trinajstić information content (AvgIpc) is 2.29. The van der Waals surface area contributed by atoms with Crippen molar-refractivity contribution in [3.8, 4) is 0 Å². The number of allylic oxidation sites excluding steroid dienone is 2. The Balaban J connectivity index is 2.26. The Morgan fingerprint density at radius 1 is 1.19 bits per heavy atom. The maximum atomic E-state index is 4.66. The number of pyridine rings is 1. The SMILES string of the molecule is CC=CC(C)Cc1ccc2ccccc2n1. The van der Waals surface area contributed by atoms with Gasteiger partial charge in [-0.15, -0.1) is 0 Å². The van der Waals surface area contributed by atoms with Crippen LogP contribution in [0.3, 0.4) is 0 Å². The van der Waals surface area contributed by atoms with Crippen LogP contribution >= 0.6 is 0 Å². The molecule has 0 amide bonds. The average molecular weight is 211 g/mol. The molecule has 0 fully saturated rings. The molecule has 1 unspecified atom stereocenters. The minimum absolute atomic E-state index is 0.554. The van der Waals surface area contributed by atoms with Crippen LogP contribution in [-0.4, -0.2) is 4.98 Å². The summed E-state index contributed by atoms with van der Waals surface area (Å²) in [4.78, 5) is 4.66. The normalized spacial score (nSPS) is 13.4. The Kier molecular flexibility index (Phi) is 3.35. The molecule has 1 heterocycles. The van der Waals surface area contributed by atoms with Gasteiger partial charge >= 0.3 is 0 Å². The van der Waals surface area contributed by atoms with Gasteiger partial charge in [-0.3, -0.25) is 4.98 Å². The van der Waals surface area contributed by atoms with E-state index in [0.29, 0.717) is 5.92 Å². The molecule has 0 aliphatic rings. The molecule has 0 N–H and O–H groups in total. The van der Waals surface area contributed by atoms with Crippen molar-refractivity contribution in [2.45, 2.75) is 20.3 Å². The lowest BCUT2D eigenvalue weighted by atomic mass is 10.0. The van der Waals surface area contributed by atoms with Crippen LogP contribution in [0.25, 0.3) is 10.9 Å². The van der Waals surface area contributed by atoms with Crippen LogP contribution in [0.15, 0.2) is 48.6 Å². The summed E-state index contributed by atoms with van der Waals surface area (Å²) in [6.45, 7) is 4.28. The molecule has 0 saturated heterocycles. The number of aromatic nitrogens is 1. The van der Waals surface area contributed by atoms with E-state index in [-0.39, 0.29) is 0 Å². The summed E-state index contributed by atoms with van der Waals surface area (Å²) in [5.74, 6) is 0.554. The van der Waals surface area contributed by atoms with Crippen molar-refractivity contribution in [1.82, 2.24) is 4.98 Å². The quantitative estimate of drug-likeness (QED) is 0.699. The minimum atomic E-state index is 0.554. The molecule has 1 heteroatoms. The summed E-state index contributed by atoms with van der Waals surface area (Å²) in [5.41, 5.74) is 2.26. The molecule has 82 valence electrons. The summed E-state index contributed by atoms with van der Waals surface area (Å²) in [6, 6.07) is 12.5. The topological polar surface area (TPSA) is 12.9 Å². The Hall–Kier alpha value is -1.63. The fourth-order valence-electron chi connectivity index (χ4n) is 1.95. The lowest BCUT2D eigenvalue weighted by Gasteiger charge is -2.06. The van der Waals surface area contributed by atoms with Crippen LogP contribution < -0.4 is 0 Å². The van der Waals surface area contributed by atoms with Crippen molar-refractivity contribution in [2.24, 2.45) is 5.92 Å². The zero-order valence-corrected chi connectivity index (χ0v) is 9.85. The van der Waals surface area contributed by atoms with Crippen LogP contribution in [0.5, 0.6) is 0 Å². The van der Waals surface area contributed by atoms with Crippen molar-refractivity contribution in [2.75, 3.05) is 0 Å². The third kappa shape index (κ3) is 2.48. The molecule has 0 aliphatic carbocycles. The first-order valence-corrected chi connectivity index (χ1v) is 5.77. The fraction of sp³-hybridized carbons (Fsp3) is 0.267. The summed E-state index contributed by atoms with van der Waals surface area (Å²) < 4.78 is 0. The highest BCUT2D eigenvalue weighted by atomic mass is 14.7. The Morgan fingerprint density at radius 2 is 2.00 bits per heavy atom. The van der Waals surface area contributed by atoms with Gasteiger partial charge in [-0.1, -0.05) is 43.3 Å². The molecule has 16 heavy (non-hydrogen) atoms. The highest BCUT2D eigenvalue weighted by Gasteiger charge is 2.02. The molecule has 0 saturated carbocycles. The van der Waals surface area contributed by atoms with Crippen LogP contribution in [0.1, 0.15) is 19.5 Å².